The smallest absolute Gasteiger partial charge is 0.319 e. The van der Waals surface area contributed by atoms with Crippen molar-refractivity contribution < 1.29 is 19.4 Å². The van der Waals surface area contributed by atoms with Gasteiger partial charge in [0.15, 0.2) is 0 Å². The van der Waals surface area contributed by atoms with Crippen LogP contribution >= 0.6 is 0 Å². The molecule has 0 aromatic carbocycles. The van der Waals surface area contributed by atoms with Crippen molar-refractivity contribution in [2.24, 2.45) is 5.73 Å². The third-order valence-electron chi connectivity index (χ3n) is 0.541. The molecule has 0 rings (SSSR count). The summed E-state index contributed by atoms with van der Waals surface area (Å²) in [6, 6.07) is -0.773. The number of carbonyl (C=O) groups is 2. The molecule has 1 atom stereocenters. The molecule has 0 amide bonds. The molecule has 0 radical (unpaired) electrons. The van der Waals surface area contributed by atoms with E-state index in [0.717, 1.165) is 0 Å². The van der Waals surface area contributed by atoms with Crippen molar-refractivity contribution >= 4 is 12.4 Å². The molecule has 0 aliphatic carbocycles. The highest BCUT2D eigenvalue weighted by Crippen LogP contribution is 1.81. The molecular weight excluding hydrogens is 126 g/mol. The van der Waals surface area contributed by atoms with E-state index < -0.39 is 12.0 Å². The molecule has 0 aromatic heterocycles. The molecule has 5 nitrogen and oxygen atoms in total. The highest BCUT2D eigenvalue weighted by atomic mass is 17.2. The predicted molar refractivity (Wildman–Crippen MR) is 26.9 cm³/mol. The van der Waals surface area contributed by atoms with E-state index >= 15 is 0 Å². The number of hydrogen-bond acceptors (Lipinski definition) is 5. The highest BCUT2D eigenvalue weighted by molar-refractivity contribution is 5.74. The first-order valence-corrected chi connectivity index (χ1v) is 2.25. The van der Waals surface area contributed by atoms with Crippen LogP contribution in [0.2, 0.25) is 0 Å². The number of nitrogens with two attached hydrogens (primary N) is 1. The summed E-state index contributed by atoms with van der Waals surface area (Å²) in [6.07, 6.45) is 0. The molecule has 0 saturated carbocycles. The van der Waals surface area contributed by atoms with Crippen molar-refractivity contribution in [1.29, 1.82) is 0 Å². The van der Waals surface area contributed by atoms with Gasteiger partial charge in [0, 0.05) is 0 Å². The third-order valence-corrected chi connectivity index (χ3v) is 0.541. The van der Waals surface area contributed by atoms with Crippen LogP contribution in [-0.2, 0) is 19.4 Å². The molecular formula is C4H7NO4. The van der Waals surface area contributed by atoms with Crippen LogP contribution in [0.4, 0.5) is 0 Å². The van der Waals surface area contributed by atoms with Gasteiger partial charge in [0.1, 0.15) is 6.04 Å². The van der Waals surface area contributed by atoms with Crippen molar-refractivity contribution in [1.82, 2.24) is 0 Å². The highest BCUT2D eigenvalue weighted by Gasteiger charge is 2.09. The lowest BCUT2D eigenvalue weighted by molar-refractivity contribution is -0.248. The molecule has 5 heteroatoms. The number of rotatable bonds is 3. The van der Waals surface area contributed by atoms with Crippen LogP contribution in [0.15, 0.2) is 0 Å². The summed E-state index contributed by atoms with van der Waals surface area (Å²) in [5.41, 5.74) is 5.01. The maximum Gasteiger partial charge on any atom is 0.371 e. The summed E-state index contributed by atoms with van der Waals surface area (Å²) >= 11 is 0. The van der Waals surface area contributed by atoms with E-state index in [1.54, 1.807) is 0 Å². The summed E-state index contributed by atoms with van der Waals surface area (Å²) in [4.78, 5) is 27.1. The Morgan fingerprint density at radius 3 is 2.67 bits per heavy atom. The third kappa shape index (κ3) is 3.48. The second kappa shape index (κ2) is 3.85. The zero-order chi connectivity index (χ0) is 7.28. The van der Waals surface area contributed by atoms with Crippen LogP contribution in [0.3, 0.4) is 0 Å². The first kappa shape index (κ1) is 7.90. The van der Waals surface area contributed by atoms with E-state index in [0.29, 0.717) is 0 Å². The van der Waals surface area contributed by atoms with Gasteiger partial charge in [-0.05, 0) is 6.92 Å². The van der Waals surface area contributed by atoms with Crippen molar-refractivity contribution in [3.05, 3.63) is 0 Å². The molecule has 0 aliphatic heterocycles. The summed E-state index contributed by atoms with van der Waals surface area (Å²) in [5, 5.41) is 0. The average molecular weight is 133 g/mol. The molecule has 0 spiro atoms. The molecule has 9 heavy (non-hydrogen) atoms. The van der Waals surface area contributed by atoms with Gasteiger partial charge < -0.3 is 5.73 Å². The lowest BCUT2D eigenvalue weighted by Gasteiger charge is -1.99. The predicted octanol–water partition coefficient (Wildman–Crippen LogP) is -1.04. The van der Waals surface area contributed by atoms with Crippen molar-refractivity contribution in [2.45, 2.75) is 13.0 Å². The van der Waals surface area contributed by atoms with E-state index in [1.807, 2.05) is 0 Å². The Kier molecular flexibility index (Phi) is 3.38. The van der Waals surface area contributed by atoms with E-state index in [4.69, 9.17) is 5.73 Å². The van der Waals surface area contributed by atoms with Crippen molar-refractivity contribution in [3.63, 3.8) is 0 Å². The van der Waals surface area contributed by atoms with Gasteiger partial charge >= 0.3 is 12.4 Å². The van der Waals surface area contributed by atoms with Crippen LogP contribution in [0.25, 0.3) is 0 Å². The van der Waals surface area contributed by atoms with Crippen molar-refractivity contribution in [2.75, 3.05) is 0 Å². The summed E-state index contributed by atoms with van der Waals surface area (Å²) in [5.74, 6) is -0.776. The monoisotopic (exact) mass is 133 g/mol. The Labute approximate surface area is 51.7 Å². The number of carbonyl (C=O) groups excluding carboxylic acids is 2. The van der Waals surface area contributed by atoms with Crippen LogP contribution in [0.5, 0.6) is 0 Å². The van der Waals surface area contributed by atoms with E-state index in [9.17, 15) is 9.59 Å². The molecule has 0 bridgehead atoms. The lowest BCUT2D eigenvalue weighted by atomic mass is 10.4. The molecule has 2 N–H and O–H groups in total. The van der Waals surface area contributed by atoms with Gasteiger partial charge in [0.25, 0.3) is 0 Å². The van der Waals surface area contributed by atoms with Gasteiger partial charge in [0.2, 0.25) is 0 Å². The fourth-order valence-electron chi connectivity index (χ4n) is 0.143. The molecule has 0 fully saturated rings. The SMILES string of the molecule is CC(N)C(=O)OOC=O. The Morgan fingerprint density at radius 2 is 2.33 bits per heavy atom. The molecule has 52 valence electrons. The largest absolute Gasteiger partial charge is 0.371 e. The fourth-order valence-corrected chi connectivity index (χ4v) is 0.143. The minimum atomic E-state index is -0.776. The van der Waals surface area contributed by atoms with Gasteiger partial charge in [-0.25, -0.2) is 9.68 Å². The van der Waals surface area contributed by atoms with Gasteiger partial charge in [-0.1, -0.05) is 0 Å². The maximum atomic E-state index is 10.3. The molecule has 0 aromatic rings. The van der Waals surface area contributed by atoms with E-state index in [-0.39, 0.29) is 6.47 Å². The van der Waals surface area contributed by atoms with Crippen LogP contribution in [0, 0.1) is 0 Å². The Bertz CT molecular complexity index is 111. The van der Waals surface area contributed by atoms with Gasteiger partial charge in [0.05, 0.1) is 0 Å². The van der Waals surface area contributed by atoms with E-state index in [2.05, 4.69) is 9.78 Å². The first-order valence-electron chi connectivity index (χ1n) is 2.25. The van der Waals surface area contributed by atoms with E-state index in [1.165, 1.54) is 6.92 Å². The average Bonchev–Trinajstić information content (AvgIpc) is 1.82. The normalized spacial score (nSPS) is 11.8. The second-order valence-corrected chi connectivity index (χ2v) is 1.38. The zero-order valence-corrected chi connectivity index (χ0v) is 4.87. The fraction of sp³-hybridized carbons (Fsp3) is 0.500. The van der Waals surface area contributed by atoms with Gasteiger partial charge in [-0.3, -0.25) is 9.68 Å². The van der Waals surface area contributed by atoms with Crippen molar-refractivity contribution in [3.8, 4) is 0 Å². The zero-order valence-electron chi connectivity index (χ0n) is 4.87. The topological polar surface area (TPSA) is 78.6 Å². The maximum absolute atomic E-state index is 10.3. The van der Waals surface area contributed by atoms with Gasteiger partial charge in [-0.2, -0.15) is 0 Å². The molecule has 1 unspecified atom stereocenters. The molecule has 0 heterocycles. The van der Waals surface area contributed by atoms with Crippen LogP contribution in [0.1, 0.15) is 6.92 Å². The first-order chi connectivity index (χ1) is 4.18. The minimum absolute atomic E-state index is 0.000278. The van der Waals surface area contributed by atoms with Crippen LogP contribution < -0.4 is 5.73 Å². The van der Waals surface area contributed by atoms with Gasteiger partial charge in [-0.15, -0.1) is 0 Å². The lowest BCUT2D eigenvalue weighted by Crippen LogP contribution is -2.28. The minimum Gasteiger partial charge on any atom is -0.319 e. The molecule has 0 aliphatic rings. The summed E-state index contributed by atoms with van der Waals surface area (Å²) < 4.78 is 0. The van der Waals surface area contributed by atoms with Crippen LogP contribution in [-0.4, -0.2) is 18.5 Å². The summed E-state index contributed by atoms with van der Waals surface area (Å²) in [6.45, 7) is 1.41. The standard InChI is InChI=1S/C4H7NO4/c1-3(5)4(7)9-8-2-6/h2-3H,5H2,1H3. The Hall–Kier alpha value is -1.10. The second-order valence-electron chi connectivity index (χ2n) is 1.38. The Morgan fingerprint density at radius 1 is 1.78 bits per heavy atom. The Balaban J connectivity index is 3.38. The molecule has 0 saturated heterocycles. The quantitative estimate of drug-likeness (QED) is 0.302. The summed E-state index contributed by atoms with van der Waals surface area (Å²) in [7, 11) is 0. The number of hydrogen-bond donors (Lipinski definition) is 1.